The van der Waals surface area contributed by atoms with Gasteiger partial charge in [-0.2, -0.15) is 0 Å². The minimum atomic E-state index is -4.76. The van der Waals surface area contributed by atoms with E-state index in [-0.39, 0.29) is 11.5 Å². The Kier molecular flexibility index (Phi) is 5.08. The molecule has 0 aliphatic carbocycles. The van der Waals surface area contributed by atoms with Gasteiger partial charge in [-0.05, 0) is 17.7 Å². The fourth-order valence-electron chi connectivity index (χ4n) is 2.23. The molecule has 130 valence electrons. The number of aromatic hydroxyl groups is 1. The number of alkyl halides is 3. The third-order valence-electron chi connectivity index (χ3n) is 3.33. The van der Waals surface area contributed by atoms with Crippen LogP contribution in [0, 0.1) is 0 Å². The van der Waals surface area contributed by atoms with Crippen LogP contribution in [0.1, 0.15) is 17.2 Å². The maximum absolute atomic E-state index is 12.2. The number of methoxy groups -OCH3 is 2. The van der Waals surface area contributed by atoms with Crippen molar-refractivity contribution < 1.29 is 32.5 Å². The molecule has 1 atom stereocenters. The van der Waals surface area contributed by atoms with Gasteiger partial charge in [0.2, 0.25) is 0 Å². The van der Waals surface area contributed by atoms with Gasteiger partial charge in [-0.1, -0.05) is 12.1 Å². The standard InChI is InChI=1S/C16H16F3NO4/c1-22-11-7-12(21)14(13(8-11)23-2)15(20)9-3-5-10(6-4-9)24-16(17,18)19/h3-8,15,21H,20H2,1-2H3/t15-/m1/s1. The first-order valence-corrected chi connectivity index (χ1v) is 6.81. The van der Waals surface area contributed by atoms with Gasteiger partial charge in [-0.25, -0.2) is 0 Å². The molecule has 0 fully saturated rings. The van der Waals surface area contributed by atoms with E-state index in [0.717, 1.165) is 12.1 Å². The van der Waals surface area contributed by atoms with Crippen LogP contribution in [0.25, 0.3) is 0 Å². The molecule has 0 bridgehead atoms. The zero-order valence-electron chi connectivity index (χ0n) is 12.9. The fourth-order valence-corrected chi connectivity index (χ4v) is 2.23. The Hall–Kier alpha value is -2.61. The SMILES string of the molecule is COc1cc(O)c([C@H](N)c2ccc(OC(F)(F)F)cc2)c(OC)c1. The fraction of sp³-hybridized carbons (Fsp3) is 0.250. The monoisotopic (exact) mass is 343 g/mol. The first kappa shape index (κ1) is 17.7. The number of ether oxygens (including phenoxy) is 3. The average molecular weight is 343 g/mol. The van der Waals surface area contributed by atoms with Crippen LogP contribution >= 0.6 is 0 Å². The molecular weight excluding hydrogens is 327 g/mol. The number of hydrogen-bond acceptors (Lipinski definition) is 5. The molecule has 0 radical (unpaired) electrons. The molecule has 0 aliphatic rings. The highest BCUT2D eigenvalue weighted by atomic mass is 19.4. The van der Waals surface area contributed by atoms with Gasteiger partial charge in [0.15, 0.2) is 0 Å². The molecule has 0 amide bonds. The van der Waals surface area contributed by atoms with Gasteiger partial charge < -0.3 is 25.1 Å². The van der Waals surface area contributed by atoms with Crippen molar-refractivity contribution in [1.82, 2.24) is 0 Å². The van der Waals surface area contributed by atoms with E-state index in [2.05, 4.69) is 4.74 Å². The molecule has 2 rings (SSSR count). The van der Waals surface area contributed by atoms with Crippen LogP contribution in [0.15, 0.2) is 36.4 Å². The van der Waals surface area contributed by atoms with Crippen molar-refractivity contribution in [3.8, 4) is 23.0 Å². The number of nitrogens with two attached hydrogens (primary N) is 1. The minimum Gasteiger partial charge on any atom is -0.507 e. The molecule has 0 aliphatic heterocycles. The summed E-state index contributed by atoms with van der Waals surface area (Å²) in [4.78, 5) is 0. The summed E-state index contributed by atoms with van der Waals surface area (Å²) < 4.78 is 50.6. The lowest BCUT2D eigenvalue weighted by Crippen LogP contribution is -2.17. The summed E-state index contributed by atoms with van der Waals surface area (Å²) in [7, 11) is 2.85. The van der Waals surface area contributed by atoms with Crippen LogP contribution in [0.4, 0.5) is 13.2 Å². The van der Waals surface area contributed by atoms with E-state index < -0.39 is 12.4 Å². The smallest absolute Gasteiger partial charge is 0.507 e. The minimum absolute atomic E-state index is 0.144. The van der Waals surface area contributed by atoms with Crippen molar-refractivity contribution in [2.24, 2.45) is 5.73 Å². The molecule has 2 aromatic rings. The van der Waals surface area contributed by atoms with E-state index in [9.17, 15) is 18.3 Å². The zero-order valence-corrected chi connectivity index (χ0v) is 12.9. The van der Waals surface area contributed by atoms with E-state index in [1.165, 1.54) is 32.4 Å². The largest absolute Gasteiger partial charge is 0.573 e. The highest BCUT2D eigenvalue weighted by Gasteiger charge is 2.31. The second-order valence-corrected chi connectivity index (χ2v) is 4.86. The molecule has 0 unspecified atom stereocenters. The van der Waals surface area contributed by atoms with Crippen molar-refractivity contribution in [2.75, 3.05) is 14.2 Å². The Morgan fingerprint density at radius 2 is 1.62 bits per heavy atom. The number of benzene rings is 2. The number of hydrogen-bond donors (Lipinski definition) is 2. The van der Waals surface area contributed by atoms with Crippen LogP contribution in [-0.2, 0) is 0 Å². The van der Waals surface area contributed by atoms with Gasteiger partial charge >= 0.3 is 6.36 Å². The number of phenols is 1. The van der Waals surface area contributed by atoms with Crippen LogP contribution in [-0.4, -0.2) is 25.7 Å². The van der Waals surface area contributed by atoms with E-state index in [1.807, 2.05) is 0 Å². The first-order valence-electron chi connectivity index (χ1n) is 6.81. The summed E-state index contributed by atoms with van der Waals surface area (Å²) in [6.45, 7) is 0. The van der Waals surface area contributed by atoms with Crippen LogP contribution in [0.2, 0.25) is 0 Å². The Balaban J connectivity index is 2.33. The summed E-state index contributed by atoms with van der Waals surface area (Å²) in [5.41, 5.74) is 6.89. The van der Waals surface area contributed by atoms with Gasteiger partial charge in [-0.3, -0.25) is 0 Å². The predicted octanol–water partition coefficient (Wildman–Crippen LogP) is 3.36. The Morgan fingerprint density at radius 3 is 2.12 bits per heavy atom. The molecule has 5 nitrogen and oxygen atoms in total. The van der Waals surface area contributed by atoms with Gasteiger partial charge in [0, 0.05) is 12.1 Å². The van der Waals surface area contributed by atoms with Gasteiger partial charge in [0.25, 0.3) is 0 Å². The molecule has 24 heavy (non-hydrogen) atoms. The molecular formula is C16H16F3NO4. The summed E-state index contributed by atoms with van der Waals surface area (Å²) in [5, 5.41) is 10.2. The van der Waals surface area contributed by atoms with Crippen molar-refractivity contribution in [3.05, 3.63) is 47.5 Å². The second-order valence-electron chi connectivity index (χ2n) is 4.86. The van der Waals surface area contributed by atoms with Crippen molar-refractivity contribution >= 4 is 0 Å². The maximum atomic E-state index is 12.2. The van der Waals surface area contributed by atoms with Crippen molar-refractivity contribution in [3.63, 3.8) is 0 Å². The van der Waals surface area contributed by atoms with E-state index >= 15 is 0 Å². The normalized spacial score (nSPS) is 12.6. The lowest BCUT2D eigenvalue weighted by Gasteiger charge is -2.19. The lowest BCUT2D eigenvalue weighted by molar-refractivity contribution is -0.274. The average Bonchev–Trinajstić information content (AvgIpc) is 2.52. The van der Waals surface area contributed by atoms with Gasteiger partial charge in [0.05, 0.1) is 25.8 Å². The molecule has 0 spiro atoms. The number of phenolic OH excluding ortho intramolecular Hbond substituents is 1. The molecule has 0 aromatic heterocycles. The predicted molar refractivity (Wildman–Crippen MR) is 80.4 cm³/mol. The number of halogens is 3. The number of rotatable bonds is 5. The molecule has 0 saturated carbocycles. The highest BCUT2D eigenvalue weighted by molar-refractivity contribution is 5.54. The van der Waals surface area contributed by atoms with E-state index in [4.69, 9.17) is 15.2 Å². The third kappa shape index (κ3) is 4.02. The topological polar surface area (TPSA) is 73.9 Å². The molecule has 2 aromatic carbocycles. The summed E-state index contributed by atoms with van der Waals surface area (Å²) in [5.74, 6) is 0.183. The van der Waals surface area contributed by atoms with E-state index in [1.54, 1.807) is 6.07 Å². The molecule has 0 heterocycles. The van der Waals surface area contributed by atoms with Crippen molar-refractivity contribution in [2.45, 2.75) is 12.4 Å². The summed E-state index contributed by atoms with van der Waals surface area (Å²) >= 11 is 0. The lowest BCUT2D eigenvalue weighted by atomic mass is 9.97. The zero-order chi connectivity index (χ0) is 17.9. The quantitative estimate of drug-likeness (QED) is 0.871. The van der Waals surface area contributed by atoms with Gasteiger partial charge in [0.1, 0.15) is 23.0 Å². The Morgan fingerprint density at radius 1 is 1.00 bits per heavy atom. The first-order chi connectivity index (χ1) is 11.2. The van der Waals surface area contributed by atoms with Crippen molar-refractivity contribution in [1.29, 1.82) is 0 Å². The Labute approximate surface area is 136 Å². The van der Waals surface area contributed by atoms with Crippen LogP contribution < -0.4 is 19.9 Å². The second kappa shape index (κ2) is 6.88. The van der Waals surface area contributed by atoms with Crippen LogP contribution in [0.5, 0.6) is 23.0 Å². The summed E-state index contributed by atoms with van der Waals surface area (Å²) in [6, 6.07) is 7.18. The summed E-state index contributed by atoms with van der Waals surface area (Å²) in [6.07, 6.45) is -4.76. The molecule has 3 N–H and O–H groups in total. The molecule has 0 saturated heterocycles. The van der Waals surface area contributed by atoms with E-state index in [0.29, 0.717) is 22.6 Å². The van der Waals surface area contributed by atoms with Gasteiger partial charge in [-0.15, -0.1) is 13.2 Å². The Bertz CT molecular complexity index is 702. The highest BCUT2D eigenvalue weighted by Crippen LogP contribution is 2.39. The maximum Gasteiger partial charge on any atom is 0.573 e. The molecule has 8 heteroatoms. The van der Waals surface area contributed by atoms with Crippen LogP contribution in [0.3, 0.4) is 0 Å². The third-order valence-corrected chi connectivity index (χ3v) is 3.33.